The van der Waals surface area contributed by atoms with Gasteiger partial charge in [-0.2, -0.15) is 5.26 Å². The number of amides is 2. The molecule has 2 aromatic carbocycles. The number of nitriles is 1. The quantitative estimate of drug-likeness (QED) is 0.712. The van der Waals surface area contributed by atoms with E-state index in [-0.39, 0.29) is 24.8 Å². The molecule has 30 heavy (non-hydrogen) atoms. The fourth-order valence-electron chi connectivity index (χ4n) is 3.75. The molecule has 1 aliphatic heterocycles. The van der Waals surface area contributed by atoms with Crippen LogP contribution in [0.3, 0.4) is 0 Å². The minimum atomic E-state index is -1.16. The molecule has 6 heteroatoms. The predicted octanol–water partition coefficient (Wildman–Crippen LogP) is 3.64. The second kappa shape index (κ2) is 10.5. The lowest BCUT2D eigenvalue weighted by Crippen LogP contribution is -2.53. The van der Waals surface area contributed by atoms with E-state index >= 15 is 0 Å². The molecule has 0 spiro atoms. The van der Waals surface area contributed by atoms with E-state index in [0.29, 0.717) is 24.1 Å². The number of nitrogens with one attached hydrogen (secondary N) is 1. The Labute approximate surface area is 176 Å². The van der Waals surface area contributed by atoms with Crippen LogP contribution in [0, 0.1) is 11.3 Å². The van der Waals surface area contributed by atoms with Crippen LogP contribution in [0.1, 0.15) is 47.2 Å². The van der Waals surface area contributed by atoms with Gasteiger partial charge in [0, 0.05) is 31.0 Å². The summed E-state index contributed by atoms with van der Waals surface area (Å²) in [5.41, 5.74) is 1.99. The number of hydrogen-bond acceptors (Lipinski definition) is 3. The highest BCUT2D eigenvalue weighted by atomic mass is 19.1. The molecule has 5 nitrogen and oxygen atoms in total. The first-order chi connectivity index (χ1) is 14.5. The van der Waals surface area contributed by atoms with Gasteiger partial charge in [0.05, 0.1) is 18.2 Å². The van der Waals surface area contributed by atoms with Crippen LogP contribution in [0.5, 0.6) is 0 Å². The number of likely N-dealkylation sites (tertiary alicyclic amines) is 1. The highest BCUT2D eigenvalue weighted by Crippen LogP contribution is 2.17. The van der Waals surface area contributed by atoms with Gasteiger partial charge in [-0.3, -0.25) is 9.59 Å². The first kappa shape index (κ1) is 21.5. The molecule has 3 rings (SSSR count). The second-order valence-electron chi connectivity index (χ2n) is 7.69. The summed E-state index contributed by atoms with van der Waals surface area (Å²) in [6, 6.07) is 18.0. The van der Waals surface area contributed by atoms with Gasteiger partial charge < -0.3 is 10.2 Å². The molecule has 0 aromatic heterocycles. The standard InChI is InChI=1S/C24H26FN3O2/c25-21-14-22(27-24(30)20-11-6-10-19(13-20)15-26)17-28(16-21)23(29)12-5-4-9-18-7-2-1-3-8-18/h1-3,6-8,10-11,13,21-22H,4-5,9,12,14,16-17H2,(H,27,30)/t21-,22+/m1/s1. The summed E-state index contributed by atoms with van der Waals surface area (Å²) in [6.07, 6.45) is 1.96. The minimum Gasteiger partial charge on any atom is -0.347 e. The SMILES string of the molecule is N#Cc1cccc(C(=O)N[C@H]2C[C@@H](F)CN(C(=O)CCCCc3ccccc3)C2)c1. The molecule has 1 fully saturated rings. The van der Waals surface area contributed by atoms with Crippen molar-refractivity contribution in [3.8, 4) is 6.07 Å². The number of benzene rings is 2. The molecule has 0 saturated carbocycles. The third-order valence-electron chi connectivity index (χ3n) is 5.29. The summed E-state index contributed by atoms with van der Waals surface area (Å²) in [6.45, 7) is 0.384. The molecule has 2 atom stereocenters. The average Bonchev–Trinajstić information content (AvgIpc) is 2.77. The highest BCUT2D eigenvalue weighted by Gasteiger charge is 2.30. The summed E-state index contributed by atoms with van der Waals surface area (Å²) in [4.78, 5) is 26.5. The smallest absolute Gasteiger partial charge is 0.251 e. The number of carbonyl (C=O) groups is 2. The highest BCUT2D eigenvalue weighted by molar-refractivity contribution is 5.94. The summed E-state index contributed by atoms with van der Waals surface area (Å²) in [5, 5.41) is 11.8. The van der Waals surface area contributed by atoms with E-state index in [1.807, 2.05) is 24.3 Å². The Kier molecular flexibility index (Phi) is 7.56. The summed E-state index contributed by atoms with van der Waals surface area (Å²) in [5.74, 6) is -0.433. The number of piperidine rings is 1. The Morgan fingerprint density at radius 2 is 1.90 bits per heavy atom. The van der Waals surface area contributed by atoms with Crippen molar-refractivity contribution in [3.05, 3.63) is 71.3 Å². The molecule has 0 radical (unpaired) electrons. The second-order valence-corrected chi connectivity index (χ2v) is 7.69. The lowest BCUT2D eigenvalue weighted by Gasteiger charge is -2.35. The monoisotopic (exact) mass is 407 g/mol. The van der Waals surface area contributed by atoms with Gasteiger partial charge in [0.1, 0.15) is 6.17 Å². The van der Waals surface area contributed by atoms with Crippen molar-refractivity contribution in [3.63, 3.8) is 0 Å². The van der Waals surface area contributed by atoms with E-state index in [1.54, 1.807) is 18.2 Å². The molecule has 156 valence electrons. The Morgan fingerprint density at radius 1 is 1.10 bits per heavy atom. The van der Waals surface area contributed by atoms with Gasteiger partial charge in [0.2, 0.25) is 5.91 Å². The van der Waals surface area contributed by atoms with E-state index in [9.17, 15) is 14.0 Å². The lowest BCUT2D eigenvalue weighted by atomic mass is 10.0. The van der Waals surface area contributed by atoms with Gasteiger partial charge in [0.25, 0.3) is 5.91 Å². The van der Waals surface area contributed by atoms with Crippen LogP contribution < -0.4 is 5.32 Å². The third kappa shape index (κ3) is 6.15. The van der Waals surface area contributed by atoms with Crippen molar-refractivity contribution in [1.29, 1.82) is 5.26 Å². The van der Waals surface area contributed by atoms with Gasteiger partial charge in [0.15, 0.2) is 0 Å². The van der Waals surface area contributed by atoms with Crippen molar-refractivity contribution >= 4 is 11.8 Å². The fraction of sp³-hybridized carbons (Fsp3) is 0.375. The molecule has 0 unspecified atom stereocenters. The molecule has 2 aromatic rings. The molecule has 2 amide bonds. The number of unbranched alkanes of at least 4 members (excludes halogenated alkanes) is 1. The fourth-order valence-corrected chi connectivity index (χ4v) is 3.75. The maximum Gasteiger partial charge on any atom is 0.251 e. The van der Waals surface area contributed by atoms with E-state index in [4.69, 9.17) is 5.26 Å². The number of aryl methyl sites for hydroxylation is 1. The third-order valence-corrected chi connectivity index (χ3v) is 5.29. The number of rotatable bonds is 7. The van der Waals surface area contributed by atoms with Crippen LogP contribution in [0.25, 0.3) is 0 Å². The van der Waals surface area contributed by atoms with Gasteiger partial charge in [-0.1, -0.05) is 36.4 Å². The Hall–Kier alpha value is -3.20. The van der Waals surface area contributed by atoms with Crippen LogP contribution in [-0.4, -0.2) is 42.0 Å². The molecule has 0 aliphatic carbocycles. The van der Waals surface area contributed by atoms with Crippen LogP contribution in [0.15, 0.2) is 54.6 Å². The zero-order chi connectivity index (χ0) is 21.3. The zero-order valence-corrected chi connectivity index (χ0v) is 16.9. The van der Waals surface area contributed by atoms with Crippen LogP contribution in [0.4, 0.5) is 4.39 Å². The number of nitrogens with zero attached hydrogens (tertiary/aromatic N) is 2. The molecular formula is C24H26FN3O2. The Bertz CT molecular complexity index is 910. The number of hydrogen-bond donors (Lipinski definition) is 1. The van der Waals surface area contributed by atoms with E-state index < -0.39 is 12.2 Å². The molecule has 1 heterocycles. The Balaban J connectivity index is 1.48. The van der Waals surface area contributed by atoms with Crippen molar-refractivity contribution in [2.45, 2.75) is 44.3 Å². The van der Waals surface area contributed by atoms with E-state index in [0.717, 1.165) is 19.3 Å². The molecule has 1 saturated heterocycles. The van der Waals surface area contributed by atoms with E-state index in [2.05, 4.69) is 17.4 Å². The molecule has 1 aliphatic rings. The summed E-state index contributed by atoms with van der Waals surface area (Å²) >= 11 is 0. The van der Waals surface area contributed by atoms with Crippen molar-refractivity contribution in [2.24, 2.45) is 0 Å². The van der Waals surface area contributed by atoms with Crippen molar-refractivity contribution in [1.82, 2.24) is 10.2 Å². The van der Waals surface area contributed by atoms with Crippen LogP contribution >= 0.6 is 0 Å². The van der Waals surface area contributed by atoms with Crippen molar-refractivity contribution < 1.29 is 14.0 Å². The molecule has 0 bridgehead atoms. The Morgan fingerprint density at radius 3 is 2.67 bits per heavy atom. The number of carbonyl (C=O) groups excluding carboxylic acids is 2. The lowest BCUT2D eigenvalue weighted by molar-refractivity contribution is -0.134. The zero-order valence-electron chi connectivity index (χ0n) is 16.9. The van der Waals surface area contributed by atoms with Gasteiger partial charge in [-0.25, -0.2) is 4.39 Å². The first-order valence-corrected chi connectivity index (χ1v) is 10.3. The van der Waals surface area contributed by atoms with Gasteiger partial charge >= 0.3 is 0 Å². The number of alkyl halides is 1. The molecular weight excluding hydrogens is 381 g/mol. The predicted molar refractivity (Wildman–Crippen MR) is 113 cm³/mol. The average molecular weight is 407 g/mol. The topological polar surface area (TPSA) is 73.2 Å². The summed E-state index contributed by atoms with van der Waals surface area (Å²) < 4.78 is 14.2. The molecule has 1 N–H and O–H groups in total. The van der Waals surface area contributed by atoms with E-state index in [1.165, 1.54) is 16.5 Å². The first-order valence-electron chi connectivity index (χ1n) is 10.3. The van der Waals surface area contributed by atoms with Gasteiger partial charge in [-0.05, 0) is 43.0 Å². The van der Waals surface area contributed by atoms with Crippen LogP contribution in [-0.2, 0) is 11.2 Å². The van der Waals surface area contributed by atoms with Gasteiger partial charge in [-0.15, -0.1) is 0 Å². The number of halogens is 1. The minimum absolute atomic E-state index is 0.0730. The maximum atomic E-state index is 14.2. The maximum absolute atomic E-state index is 14.2. The summed E-state index contributed by atoms with van der Waals surface area (Å²) in [7, 11) is 0. The normalized spacial score (nSPS) is 18.5. The largest absolute Gasteiger partial charge is 0.347 e. The van der Waals surface area contributed by atoms with Crippen LogP contribution in [0.2, 0.25) is 0 Å². The van der Waals surface area contributed by atoms with Crippen molar-refractivity contribution in [2.75, 3.05) is 13.1 Å².